The molecule has 0 spiro atoms. The Kier molecular flexibility index (Phi) is 4.39. The summed E-state index contributed by atoms with van der Waals surface area (Å²) < 4.78 is 11.0. The number of ketones is 2. The predicted octanol–water partition coefficient (Wildman–Crippen LogP) is 3.05. The van der Waals surface area contributed by atoms with Crippen molar-refractivity contribution in [3.8, 4) is 0 Å². The second kappa shape index (κ2) is 6.48. The number of aliphatic hydroxyl groups is 1. The van der Waals surface area contributed by atoms with Gasteiger partial charge >= 0.3 is 0 Å². The number of carbonyl (C=O) groups is 2. The molecule has 0 amide bonds. The lowest BCUT2D eigenvalue weighted by atomic mass is 9.46. The van der Waals surface area contributed by atoms with Gasteiger partial charge in [-0.3, -0.25) is 9.59 Å². The molecule has 1 heterocycles. The summed E-state index contributed by atoms with van der Waals surface area (Å²) in [5.74, 6) is 1.31. The Labute approximate surface area is 166 Å². The average Bonchev–Trinajstić information content (AvgIpc) is 3.29. The Morgan fingerprint density at radius 2 is 1.89 bits per heavy atom. The maximum absolute atomic E-state index is 13.1. The van der Waals surface area contributed by atoms with Crippen LogP contribution in [0.3, 0.4) is 0 Å². The first kappa shape index (κ1) is 19.0. The fraction of sp³-hybridized carbons (Fsp3) is 0.826. The third-order valence-electron chi connectivity index (χ3n) is 9.09. The number of hydrogen-bond acceptors (Lipinski definition) is 5. The van der Waals surface area contributed by atoms with Crippen molar-refractivity contribution in [1.29, 1.82) is 0 Å². The minimum atomic E-state index is -0.710. The maximum Gasteiger partial charge on any atom is 0.218 e. The molecule has 4 fully saturated rings. The second-order valence-corrected chi connectivity index (χ2v) is 10.3. The fourth-order valence-electron chi connectivity index (χ4n) is 7.84. The van der Waals surface area contributed by atoms with E-state index in [1.54, 1.807) is 0 Å². The maximum atomic E-state index is 13.1. The molecule has 0 unspecified atom stereocenters. The zero-order valence-electron chi connectivity index (χ0n) is 17.0. The molecular formula is C23H32O5. The number of hydrogen-bond donors (Lipinski definition) is 1. The van der Waals surface area contributed by atoms with Crippen molar-refractivity contribution in [2.75, 3.05) is 13.2 Å². The second-order valence-electron chi connectivity index (χ2n) is 10.3. The highest BCUT2D eigenvalue weighted by Gasteiger charge is 2.63. The van der Waals surface area contributed by atoms with Crippen molar-refractivity contribution in [2.45, 2.75) is 71.2 Å². The molecule has 5 nitrogen and oxygen atoms in total. The van der Waals surface area contributed by atoms with E-state index in [-0.39, 0.29) is 34.2 Å². The molecule has 1 saturated heterocycles. The summed E-state index contributed by atoms with van der Waals surface area (Å²) in [5.41, 5.74) is 0.998. The summed E-state index contributed by atoms with van der Waals surface area (Å²) >= 11 is 0. The summed E-state index contributed by atoms with van der Waals surface area (Å²) in [5, 5.41) is 11.4. The summed E-state index contributed by atoms with van der Waals surface area (Å²) in [7, 11) is 0. The van der Waals surface area contributed by atoms with Gasteiger partial charge in [0.2, 0.25) is 6.29 Å². The van der Waals surface area contributed by atoms with Gasteiger partial charge in [-0.1, -0.05) is 19.4 Å². The van der Waals surface area contributed by atoms with E-state index < -0.39 is 12.4 Å². The molecular weight excluding hydrogens is 356 g/mol. The zero-order valence-corrected chi connectivity index (χ0v) is 17.0. The highest BCUT2D eigenvalue weighted by molar-refractivity contribution is 5.91. The quantitative estimate of drug-likeness (QED) is 0.787. The van der Waals surface area contributed by atoms with Gasteiger partial charge < -0.3 is 14.6 Å². The molecule has 7 atom stereocenters. The number of aliphatic hydroxyl groups excluding tert-OH is 1. The third-order valence-corrected chi connectivity index (χ3v) is 9.09. The molecule has 0 aromatic rings. The number of fused-ring (bicyclic) bond motifs is 5. The van der Waals surface area contributed by atoms with Gasteiger partial charge in [0, 0.05) is 12.3 Å². The van der Waals surface area contributed by atoms with Gasteiger partial charge in [-0.25, -0.2) is 0 Å². The van der Waals surface area contributed by atoms with Crippen LogP contribution in [0, 0.1) is 34.5 Å². The number of Topliss-reactive ketones (excluding diaryl/α,β-unsaturated/α-hetero) is 1. The van der Waals surface area contributed by atoms with Crippen molar-refractivity contribution in [1.82, 2.24) is 0 Å². The van der Waals surface area contributed by atoms with Gasteiger partial charge in [0.1, 0.15) is 0 Å². The summed E-state index contributed by atoms with van der Waals surface area (Å²) in [6.07, 6.45) is 6.74. The largest absolute Gasteiger partial charge is 0.393 e. The lowest BCUT2D eigenvalue weighted by Crippen LogP contribution is -2.57. The number of rotatable bonds is 2. The van der Waals surface area contributed by atoms with Crippen LogP contribution in [-0.4, -0.2) is 42.3 Å². The third kappa shape index (κ3) is 2.55. The smallest absolute Gasteiger partial charge is 0.218 e. The molecule has 0 radical (unpaired) electrons. The van der Waals surface area contributed by atoms with Crippen LogP contribution in [0.15, 0.2) is 11.6 Å². The van der Waals surface area contributed by atoms with Crippen LogP contribution >= 0.6 is 0 Å². The van der Waals surface area contributed by atoms with Crippen LogP contribution in [0.4, 0.5) is 0 Å². The van der Waals surface area contributed by atoms with E-state index in [9.17, 15) is 14.7 Å². The molecule has 4 aliphatic carbocycles. The standard InChI is InChI=1S/C23H32O5/c1-22-8-7-14(24)11-13(22)3-4-15-16-5-6-17(20(26)21-27-9-10-28-21)23(16,2)12-18(25)19(15)22/h11,15-19,21,25H,3-10,12H2,1-2H3/t15-,16-,17+,18-,19+,22-,23-/m0/s1. The Bertz CT molecular complexity index is 723. The van der Waals surface area contributed by atoms with Gasteiger partial charge in [0.05, 0.1) is 19.3 Å². The normalized spacial score (nSPS) is 48.6. The molecule has 3 saturated carbocycles. The van der Waals surface area contributed by atoms with E-state index in [0.29, 0.717) is 37.9 Å². The molecule has 0 bridgehead atoms. The van der Waals surface area contributed by atoms with E-state index in [1.165, 1.54) is 5.57 Å². The SMILES string of the molecule is C[C@]12C[C@H](O)[C@H]3[C@@H](CCC4=CC(=O)CC[C@@]43C)[C@@H]1CC[C@@H]2C(=O)C1OCCO1. The lowest BCUT2D eigenvalue weighted by Gasteiger charge is -2.59. The fourth-order valence-corrected chi connectivity index (χ4v) is 7.84. The van der Waals surface area contributed by atoms with E-state index >= 15 is 0 Å². The van der Waals surface area contributed by atoms with Crippen LogP contribution < -0.4 is 0 Å². The lowest BCUT2D eigenvalue weighted by molar-refractivity contribution is -0.162. The molecule has 28 heavy (non-hydrogen) atoms. The molecule has 5 rings (SSSR count). The summed E-state index contributed by atoms with van der Waals surface area (Å²) in [6, 6.07) is 0. The topological polar surface area (TPSA) is 72.8 Å². The van der Waals surface area contributed by atoms with Gasteiger partial charge in [0.15, 0.2) is 11.6 Å². The molecule has 1 aliphatic heterocycles. The van der Waals surface area contributed by atoms with Gasteiger partial charge in [-0.05, 0) is 73.2 Å². The van der Waals surface area contributed by atoms with Crippen molar-refractivity contribution < 1.29 is 24.2 Å². The van der Waals surface area contributed by atoms with E-state index in [2.05, 4.69) is 13.8 Å². The van der Waals surface area contributed by atoms with Crippen LogP contribution in [0.25, 0.3) is 0 Å². The molecule has 154 valence electrons. The molecule has 0 aromatic carbocycles. The summed E-state index contributed by atoms with van der Waals surface area (Å²) in [4.78, 5) is 25.1. The number of carbonyl (C=O) groups excluding carboxylic acids is 2. The van der Waals surface area contributed by atoms with Crippen molar-refractivity contribution in [3.63, 3.8) is 0 Å². The average molecular weight is 389 g/mol. The van der Waals surface area contributed by atoms with Gasteiger partial charge in [-0.2, -0.15) is 0 Å². The Morgan fingerprint density at radius 3 is 2.64 bits per heavy atom. The van der Waals surface area contributed by atoms with Crippen LogP contribution in [0.5, 0.6) is 0 Å². The first-order valence-corrected chi connectivity index (χ1v) is 11.0. The zero-order chi connectivity index (χ0) is 19.7. The molecule has 0 aromatic heterocycles. The van der Waals surface area contributed by atoms with Crippen molar-refractivity contribution in [2.24, 2.45) is 34.5 Å². The monoisotopic (exact) mass is 388 g/mol. The minimum Gasteiger partial charge on any atom is -0.393 e. The number of allylic oxidation sites excluding steroid dienone is 1. The van der Waals surface area contributed by atoms with E-state index in [4.69, 9.17) is 9.47 Å². The van der Waals surface area contributed by atoms with Gasteiger partial charge in [0.25, 0.3) is 0 Å². The first-order valence-electron chi connectivity index (χ1n) is 11.0. The molecule has 1 N–H and O–H groups in total. The van der Waals surface area contributed by atoms with Crippen molar-refractivity contribution in [3.05, 3.63) is 11.6 Å². The van der Waals surface area contributed by atoms with Crippen LogP contribution in [0.1, 0.15) is 58.8 Å². The summed E-state index contributed by atoms with van der Waals surface area (Å²) in [6.45, 7) is 5.47. The first-order chi connectivity index (χ1) is 13.3. The van der Waals surface area contributed by atoms with E-state index in [0.717, 1.165) is 32.1 Å². The highest BCUT2D eigenvalue weighted by atomic mass is 16.7. The Hall–Kier alpha value is -1.04. The van der Waals surface area contributed by atoms with Crippen LogP contribution in [-0.2, 0) is 19.1 Å². The Balaban J connectivity index is 1.45. The highest BCUT2D eigenvalue weighted by Crippen LogP contribution is 2.66. The molecule has 5 heteroatoms. The number of ether oxygens (including phenoxy) is 2. The van der Waals surface area contributed by atoms with Crippen molar-refractivity contribution >= 4 is 11.6 Å². The Morgan fingerprint density at radius 1 is 1.14 bits per heavy atom. The van der Waals surface area contributed by atoms with Crippen LogP contribution in [0.2, 0.25) is 0 Å². The molecule has 5 aliphatic rings. The van der Waals surface area contributed by atoms with E-state index in [1.807, 2.05) is 6.08 Å². The minimum absolute atomic E-state index is 0.0721. The van der Waals surface area contributed by atoms with Gasteiger partial charge in [-0.15, -0.1) is 0 Å². The predicted molar refractivity (Wildman–Crippen MR) is 102 cm³/mol.